The van der Waals surface area contributed by atoms with Gasteiger partial charge in [-0.2, -0.15) is 4.39 Å². The normalized spacial score (nSPS) is 11.1. The Hall–Kier alpha value is -2.23. The number of hydrogen-bond acceptors (Lipinski definition) is 2. The summed E-state index contributed by atoms with van der Waals surface area (Å²) < 4.78 is 15.1. The molecule has 0 saturated heterocycles. The molecule has 3 nitrogen and oxygen atoms in total. The second-order valence-corrected chi connectivity index (χ2v) is 4.35. The Morgan fingerprint density at radius 3 is 2.78 bits per heavy atom. The van der Waals surface area contributed by atoms with Gasteiger partial charge in [0.25, 0.3) is 0 Å². The van der Waals surface area contributed by atoms with Gasteiger partial charge in [-0.3, -0.25) is 0 Å². The lowest BCUT2D eigenvalue weighted by Gasteiger charge is -2.01. The van der Waals surface area contributed by atoms with Crippen molar-refractivity contribution in [2.24, 2.45) is 7.05 Å². The van der Waals surface area contributed by atoms with E-state index in [1.54, 1.807) is 6.07 Å². The molecule has 0 N–H and O–H groups in total. The van der Waals surface area contributed by atoms with Crippen molar-refractivity contribution in [2.45, 2.75) is 6.92 Å². The summed E-state index contributed by atoms with van der Waals surface area (Å²) in [6, 6.07) is 9.25. The maximum Gasteiger partial charge on any atom is 0.213 e. The van der Waals surface area contributed by atoms with E-state index in [1.165, 1.54) is 12.3 Å². The van der Waals surface area contributed by atoms with Crippen molar-refractivity contribution in [3.05, 3.63) is 48.0 Å². The highest BCUT2D eigenvalue weighted by molar-refractivity contribution is 5.81. The van der Waals surface area contributed by atoms with E-state index in [2.05, 4.69) is 9.97 Å². The highest BCUT2D eigenvalue weighted by Gasteiger charge is 2.10. The van der Waals surface area contributed by atoms with E-state index in [-0.39, 0.29) is 0 Å². The van der Waals surface area contributed by atoms with Crippen LogP contribution in [0.2, 0.25) is 0 Å². The van der Waals surface area contributed by atoms with Crippen LogP contribution in [0.4, 0.5) is 4.39 Å². The Bertz CT molecular complexity index is 731. The molecule has 1 aromatic carbocycles. The molecule has 0 bridgehead atoms. The molecule has 90 valence electrons. The predicted octanol–water partition coefficient (Wildman–Crippen LogP) is 3.08. The molecule has 0 atom stereocenters. The molecule has 2 heterocycles. The van der Waals surface area contributed by atoms with Gasteiger partial charge in [-0.05, 0) is 30.7 Å². The summed E-state index contributed by atoms with van der Waals surface area (Å²) in [5.41, 5.74) is 3.85. The third kappa shape index (κ3) is 1.66. The van der Waals surface area contributed by atoms with Crippen LogP contribution >= 0.6 is 0 Å². The van der Waals surface area contributed by atoms with Crippen LogP contribution in [0.3, 0.4) is 0 Å². The Morgan fingerprint density at radius 1 is 1.17 bits per heavy atom. The predicted molar refractivity (Wildman–Crippen MR) is 68.6 cm³/mol. The van der Waals surface area contributed by atoms with E-state index in [1.807, 2.05) is 36.7 Å². The van der Waals surface area contributed by atoms with Gasteiger partial charge in [0.1, 0.15) is 5.82 Å². The van der Waals surface area contributed by atoms with Crippen LogP contribution in [0.15, 0.2) is 36.5 Å². The molecule has 0 amide bonds. The van der Waals surface area contributed by atoms with Crippen LogP contribution in [0.5, 0.6) is 0 Å². The van der Waals surface area contributed by atoms with E-state index in [9.17, 15) is 4.39 Å². The highest BCUT2D eigenvalue weighted by atomic mass is 19.1. The molecule has 0 fully saturated rings. The zero-order valence-electron chi connectivity index (χ0n) is 10.2. The van der Waals surface area contributed by atoms with E-state index >= 15 is 0 Å². The van der Waals surface area contributed by atoms with E-state index < -0.39 is 5.95 Å². The van der Waals surface area contributed by atoms with Gasteiger partial charge in [0.15, 0.2) is 0 Å². The number of hydrogen-bond donors (Lipinski definition) is 0. The number of aromatic nitrogens is 3. The van der Waals surface area contributed by atoms with Gasteiger partial charge in [-0.1, -0.05) is 6.07 Å². The third-order valence-corrected chi connectivity index (χ3v) is 3.02. The Balaban J connectivity index is 2.27. The monoisotopic (exact) mass is 241 g/mol. The molecule has 4 heteroatoms. The lowest BCUT2D eigenvalue weighted by atomic mass is 10.2. The number of benzene rings is 1. The molecule has 0 aliphatic heterocycles. The summed E-state index contributed by atoms with van der Waals surface area (Å²) in [4.78, 5) is 8.11. The molecule has 2 aromatic heterocycles. The van der Waals surface area contributed by atoms with Crippen molar-refractivity contribution >= 4 is 11.0 Å². The van der Waals surface area contributed by atoms with Gasteiger partial charge in [0.05, 0.1) is 11.0 Å². The van der Waals surface area contributed by atoms with Crippen LogP contribution < -0.4 is 0 Å². The number of rotatable bonds is 1. The Morgan fingerprint density at radius 2 is 2.00 bits per heavy atom. The van der Waals surface area contributed by atoms with Gasteiger partial charge < -0.3 is 4.57 Å². The van der Waals surface area contributed by atoms with Crippen molar-refractivity contribution in [1.29, 1.82) is 0 Å². The fourth-order valence-electron chi connectivity index (χ4n) is 2.11. The molecule has 0 radical (unpaired) electrons. The van der Waals surface area contributed by atoms with E-state index in [0.717, 1.165) is 28.0 Å². The first-order valence-electron chi connectivity index (χ1n) is 5.70. The molecule has 18 heavy (non-hydrogen) atoms. The molecular formula is C14H12FN3. The van der Waals surface area contributed by atoms with Crippen LogP contribution in [-0.4, -0.2) is 14.5 Å². The standard InChI is InChI=1S/C14H12FN3/c1-9-3-4-12-11(7-9)17-14(18(12)2)10-5-6-16-13(15)8-10/h3-8H,1-2H3. The molecule has 0 aliphatic rings. The van der Waals surface area contributed by atoms with Gasteiger partial charge in [0, 0.05) is 24.9 Å². The van der Waals surface area contributed by atoms with Crippen molar-refractivity contribution in [3.63, 3.8) is 0 Å². The number of halogens is 1. The molecule has 0 unspecified atom stereocenters. The fraction of sp³-hybridized carbons (Fsp3) is 0.143. The van der Waals surface area contributed by atoms with Gasteiger partial charge in [-0.25, -0.2) is 9.97 Å². The molecule has 0 saturated carbocycles. The summed E-state index contributed by atoms with van der Waals surface area (Å²) in [5, 5.41) is 0. The minimum Gasteiger partial charge on any atom is -0.327 e. The van der Waals surface area contributed by atoms with Crippen molar-refractivity contribution < 1.29 is 4.39 Å². The Kier molecular flexibility index (Phi) is 2.37. The Labute approximate surface area is 104 Å². The van der Waals surface area contributed by atoms with Crippen LogP contribution in [-0.2, 0) is 7.05 Å². The van der Waals surface area contributed by atoms with Crippen LogP contribution in [0.1, 0.15) is 5.56 Å². The maximum atomic E-state index is 13.2. The number of pyridine rings is 1. The minimum atomic E-state index is -0.490. The third-order valence-electron chi connectivity index (χ3n) is 3.02. The van der Waals surface area contributed by atoms with Crippen molar-refractivity contribution in [2.75, 3.05) is 0 Å². The zero-order chi connectivity index (χ0) is 12.7. The minimum absolute atomic E-state index is 0.490. The van der Waals surface area contributed by atoms with E-state index in [0.29, 0.717) is 0 Å². The summed E-state index contributed by atoms with van der Waals surface area (Å²) >= 11 is 0. The summed E-state index contributed by atoms with van der Waals surface area (Å²) in [5.74, 6) is 0.257. The largest absolute Gasteiger partial charge is 0.327 e. The number of imidazole rings is 1. The maximum absolute atomic E-state index is 13.2. The lowest BCUT2D eigenvalue weighted by molar-refractivity contribution is 0.584. The summed E-state index contributed by atoms with van der Waals surface area (Å²) in [6.07, 6.45) is 1.45. The number of aryl methyl sites for hydroxylation is 2. The summed E-state index contributed by atoms with van der Waals surface area (Å²) in [7, 11) is 1.93. The van der Waals surface area contributed by atoms with Crippen LogP contribution in [0, 0.1) is 12.9 Å². The molecular weight excluding hydrogens is 229 g/mol. The lowest BCUT2D eigenvalue weighted by Crippen LogP contribution is -1.93. The van der Waals surface area contributed by atoms with Gasteiger partial charge >= 0.3 is 0 Å². The average molecular weight is 241 g/mol. The second kappa shape index (κ2) is 3.91. The highest BCUT2D eigenvalue weighted by Crippen LogP contribution is 2.24. The molecule has 0 aliphatic carbocycles. The smallest absolute Gasteiger partial charge is 0.213 e. The fourth-order valence-corrected chi connectivity index (χ4v) is 2.11. The molecule has 0 spiro atoms. The average Bonchev–Trinajstić information content (AvgIpc) is 2.66. The second-order valence-electron chi connectivity index (χ2n) is 4.35. The molecule has 3 rings (SSSR count). The van der Waals surface area contributed by atoms with Crippen molar-refractivity contribution in [3.8, 4) is 11.4 Å². The van der Waals surface area contributed by atoms with Gasteiger partial charge in [0.2, 0.25) is 5.95 Å². The first-order valence-corrected chi connectivity index (χ1v) is 5.70. The van der Waals surface area contributed by atoms with Gasteiger partial charge in [-0.15, -0.1) is 0 Å². The van der Waals surface area contributed by atoms with Crippen molar-refractivity contribution in [1.82, 2.24) is 14.5 Å². The van der Waals surface area contributed by atoms with E-state index in [4.69, 9.17) is 0 Å². The zero-order valence-corrected chi connectivity index (χ0v) is 10.2. The molecule has 3 aromatic rings. The quantitative estimate of drug-likeness (QED) is 0.613. The number of nitrogens with zero attached hydrogens (tertiary/aromatic N) is 3. The SMILES string of the molecule is Cc1ccc2c(c1)nc(-c1ccnc(F)c1)n2C. The first kappa shape index (κ1) is 10.9. The number of fused-ring (bicyclic) bond motifs is 1. The van der Waals surface area contributed by atoms with Crippen LogP contribution in [0.25, 0.3) is 22.4 Å². The topological polar surface area (TPSA) is 30.7 Å². The summed E-state index contributed by atoms with van der Waals surface area (Å²) in [6.45, 7) is 2.03. The first-order chi connectivity index (χ1) is 8.65.